The molecule has 1 N–H and O–H groups in total. The van der Waals surface area contributed by atoms with Gasteiger partial charge in [-0.05, 0) is 56.4 Å². The van der Waals surface area contributed by atoms with Crippen LogP contribution in [0.15, 0.2) is 47.2 Å². The van der Waals surface area contributed by atoms with Crippen molar-refractivity contribution in [2.24, 2.45) is 10.9 Å². The maximum atomic E-state index is 12.9. The average Bonchev–Trinajstić information content (AvgIpc) is 3.36. The molecule has 0 radical (unpaired) electrons. The van der Waals surface area contributed by atoms with Gasteiger partial charge in [0, 0.05) is 12.4 Å². The Kier molecular flexibility index (Phi) is 5.88. The van der Waals surface area contributed by atoms with E-state index in [1.54, 1.807) is 30.6 Å². The Hall–Kier alpha value is -3.09. The number of carbonyl (C=O) groups is 2. The van der Waals surface area contributed by atoms with Crippen molar-refractivity contribution in [3.8, 4) is 11.5 Å². The fourth-order valence-electron chi connectivity index (χ4n) is 4.23. The molecule has 4 rings (SSSR count). The molecule has 2 heterocycles. The molecule has 30 heavy (non-hydrogen) atoms. The summed E-state index contributed by atoms with van der Waals surface area (Å²) in [5, 5.41) is 9.51. The van der Waals surface area contributed by atoms with Crippen molar-refractivity contribution in [1.29, 1.82) is 0 Å². The second-order valence-electron chi connectivity index (χ2n) is 7.72. The highest BCUT2D eigenvalue weighted by Crippen LogP contribution is 2.39. The van der Waals surface area contributed by atoms with Gasteiger partial charge in [0.25, 0.3) is 0 Å². The van der Waals surface area contributed by atoms with E-state index in [0.29, 0.717) is 29.4 Å². The number of hydrogen-bond donors (Lipinski definition) is 1. The van der Waals surface area contributed by atoms with Gasteiger partial charge in [-0.15, -0.1) is 0 Å². The zero-order valence-corrected chi connectivity index (χ0v) is 17.0. The molecule has 2 unspecified atom stereocenters. The molecule has 7 nitrogen and oxygen atoms in total. The summed E-state index contributed by atoms with van der Waals surface area (Å²) < 4.78 is 11.9. The van der Waals surface area contributed by atoms with Gasteiger partial charge in [-0.25, -0.2) is 0 Å². The van der Waals surface area contributed by atoms with E-state index < -0.39 is 17.9 Å². The number of allylic oxidation sites excluding steroid dienone is 1. The number of aliphatic imine (C=N–C) groups is 1. The van der Waals surface area contributed by atoms with Crippen LogP contribution in [0.4, 0.5) is 0 Å². The van der Waals surface area contributed by atoms with Crippen molar-refractivity contribution in [2.45, 2.75) is 51.2 Å². The minimum absolute atomic E-state index is 0.173. The van der Waals surface area contributed by atoms with Gasteiger partial charge in [-0.1, -0.05) is 12.1 Å². The van der Waals surface area contributed by atoms with Gasteiger partial charge < -0.3 is 19.5 Å². The number of ether oxygens (including phenoxy) is 2. The molecule has 1 aliphatic carbocycles. The van der Waals surface area contributed by atoms with Gasteiger partial charge >= 0.3 is 5.97 Å². The number of fused-ring (bicyclic) bond motifs is 1. The van der Waals surface area contributed by atoms with Crippen LogP contribution in [0.2, 0.25) is 0 Å². The van der Waals surface area contributed by atoms with Gasteiger partial charge in [0.1, 0.15) is 5.92 Å². The molecular weight excluding hydrogens is 384 g/mol. The van der Waals surface area contributed by atoms with E-state index in [0.717, 1.165) is 25.7 Å². The highest BCUT2D eigenvalue weighted by atomic mass is 16.5. The summed E-state index contributed by atoms with van der Waals surface area (Å²) in [4.78, 5) is 30.3. The lowest BCUT2D eigenvalue weighted by atomic mass is 10.0. The van der Waals surface area contributed by atoms with E-state index >= 15 is 0 Å². The zero-order chi connectivity index (χ0) is 21.1. The number of carboxylic acid groups (broad SMARTS) is 1. The third-order valence-corrected chi connectivity index (χ3v) is 5.68. The Bertz CT molecular complexity index is 914. The van der Waals surface area contributed by atoms with Gasteiger partial charge in [-0.3, -0.25) is 14.6 Å². The molecule has 0 aromatic heterocycles. The molecule has 2 aliphatic heterocycles. The summed E-state index contributed by atoms with van der Waals surface area (Å²) in [6.45, 7) is 2.35. The zero-order valence-electron chi connectivity index (χ0n) is 17.0. The maximum Gasteiger partial charge on any atom is 0.305 e. The second-order valence-corrected chi connectivity index (χ2v) is 7.72. The molecule has 1 fully saturated rings. The number of carboxylic acids is 1. The van der Waals surface area contributed by atoms with Crippen LogP contribution >= 0.6 is 0 Å². The lowest BCUT2D eigenvalue weighted by Crippen LogP contribution is -2.31. The van der Waals surface area contributed by atoms with E-state index in [1.807, 2.05) is 19.1 Å². The summed E-state index contributed by atoms with van der Waals surface area (Å²) in [5.74, 6) is -0.374. The van der Waals surface area contributed by atoms with Crippen LogP contribution < -0.4 is 9.47 Å². The van der Waals surface area contributed by atoms with Crippen molar-refractivity contribution in [1.82, 2.24) is 4.90 Å². The molecule has 0 bridgehead atoms. The maximum absolute atomic E-state index is 12.9. The topological polar surface area (TPSA) is 88.4 Å². The Labute approximate surface area is 175 Å². The molecule has 1 saturated carbocycles. The van der Waals surface area contributed by atoms with E-state index in [9.17, 15) is 14.7 Å². The number of hydrogen-bond acceptors (Lipinski definition) is 5. The van der Waals surface area contributed by atoms with Crippen LogP contribution in [0, 0.1) is 5.92 Å². The smallest absolute Gasteiger partial charge is 0.305 e. The van der Waals surface area contributed by atoms with Crippen molar-refractivity contribution in [2.75, 3.05) is 6.61 Å². The molecule has 1 amide bonds. The molecule has 1 aromatic carbocycles. The van der Waals surface area contributed by atoms with Crippen LogP contribution in [-0.2, 0) is 9.59 Å². The lowest BCUT2D eigenvalue weighted by Gasteiger charge is -2.27. The van der Waals surface area contributed by atoms with Crippen molar-refractivity contribution in [3.63, 3.8) is 0 Å². The minimum Gasteiger partial charge on any atom is -0.490 e. The number of dihydropyridines is 1. The molecule has 3 aliphatic rings. The summed E-state index contributed by atoms with van der Waals surface area (Å²) in [6.07, 6.45) is 11.2. The third-order valence-electron chi connectivity index (χ3n) is 5.68. The molecule has 2 atom stereocenters. The molecule has 158 valence electrons. The van der Waals surface area contributed by atoms with Crippen molar-refractivity contribution < 1.29 is 24.2 Å². The number of rotatable bonds is 8. The first-order chi connectivity index (χ1) is 14.6. The lowest BCUT2D eigenvalue weighted by molar-refractivity contribution is -0.139. The highest BCUT2D eigenvalue weighted by Gasteiger charge is 2.38. The first kappa shape index (κ1) is 20.2. The normalized spacial score (nSPS) is 21.5. The van der Waals surface area contributed by atoms with Crippen LogP contribution in [0.25, 0.3) is 0 Å². The van der Waals surface area contributed by atoms with Crippen LogP contribution in [0.5, 0.6) is 11.5 Å². The number of amides is 1. The number of nitrogens with zero attached hydrogens (tertiary/aromatic N) is 2. The fourth-order valence-corrected chi connectivity index (χ4v) is 4.23. The van der Waals surface area contributed by atoms with E-state index in [2.05, 4.69) is 4.99 Å². The van der Waals surface area contributed by atoms with Gasteiger partial charge in [-0.2, -0.15) is 0 Å². The van der Waals surface area contributed by atoms with Crippen LogP contribution in [0.1, 0.15) is 50.6 Å². The summed E-state index contributed by atoms with van der Waals surface area (Å²) in [5.41, 5.74) is 1.32. The molecule has 0 saturated heterocycles. The van der Waals surface area contributed by atoms with Crippen LogP contribution in [-0.4, -0.2) is 40.8 Å². The second kappa shape index (κ2) is 8.73. The predicted octanol–water partition coefficient (Wildman–Crippen LogP) is 3.86. The molecule has 1 aromatic rings. The summed E-state index contributed by atoms with van der Waals surface area (Å²) in [7, 11) is 0. The van der Waals surface area contributed by atoms with E-state index in [4.69, 9.17) is 9.47 Å². The van der Waals surface area contributed by atoms with Crippen molar-refractivity contribution in [3.05, 3.63) is 47.8 Å². The first-order valence-corrected chi connectivity index (χ1v) is 10.5. The SMILES string of the molecule is CCOc1cc(C(CC(=O)O)N2C=C3N=CC=CC3C2=O)ccc1OC1CCCC1. The average molecular weight is 410 g/mol. The fraction of sp³-hybridized carbons (Fsp3) is 0.435. The Morgan fingerprint density at radius 2 is 2.10 bits per heavy atom. The summed E-state index contributed by atoms with van der Waals surface area (Å²) >= 11 is 0. The number of benzene rings is 1. The Morgan fingerprint density at radius 3 is 2.80 bits per heavy atom. The highest BCUT2D eigenvalue weighted by molar-refractivity contribution is 5.91. The van der Waals surface area contributed by atoms with Gasteiger partial charge in [0.05, 0.1) is 30.9 Å². The Balaban J connectivity index is 1.65. The molecule has 0 spiro atoms. The summed E-state index contributed by atoms with van der Waals surface area (Å²) in [6, 6.07) is 4.80. The van der Waals surface area contributed by atoms with E-state index in [-0.39, 0.29) is 18.4 Å². The largest absolute Gasteiger partial charge is 0.490 e. The minimum atomic E-state index is -0.982. The van der Waals surface area contributed by atoms with Gasteiger partial charge in [0.2, 0.25) is 5.91 Å². The predicted molar refractivity (Wildman–Crippen MR) is 112 cm³/mol. The van der Waals surface area contributed by atoms with Gasteiger partial charge in [0.15, 0.2) is 11.5 Å². The quantitative estimate of drug-likeness (QED) is 0.703. The van der Waals surface area contributed by atoms with Crippen molar-refractivity contribution >= 4 is 18.1 Å². The number of aliphatic carboxylic acids is 1. The molecule has 7 heteroatoms. The third kappa shape index (κ3) is 4.10. The Morgan fingerprint density at radius 1 is 1.30 bits per heavy atom. The van der Waals surface area contributed by atoms with E-state index in [1.165, 1.54) is 4.90 Å². The number of carbonyl (C=O) groups excluding carboxylic acids is 1. The van der Waals surface area contributed by atoms with Crippen LogP contribution in [0.3, 0.4) is 0 Å². The monoisotopic (exact) mass is 410 g/mol. The first-order valence-electron chi connectivity index (χ1n) is 10.5. The molecular formula is C23H26N2O5. The standard InChI is InChI=1S/C23H26N2O5/c1-2-29-21-12-15(9-10-20(21)30-16-6-3-4-7-16)19(13-22(26)27)25-14-18-17(23(25)28)8-5-11-24-18/h5,8-12,14,16-17,19H,2-4,6-7,13H2,1H3,(H,26,27).